The van der Waals surface area contributed by atoms with E-state index in [2.05, 4.69) is 30.6 Å². The van der Waals surface area contributed by atoms with Crippen LogP contribution in [0.3, 0.4) is 0 Å². The van der Waals surface area contributed by atoms with E-state index in [-0.39, 0.29) is 0 Å². The lowest BCUT2D eigenvalue weighted by Gasteiger charge is -2.48. The molecule has 2 saturated heterocycles. The third kappa shape index (κ3) is 3.14. The maximum atomic E-state index is 11.5. The minimum Gasteiger partial charge on any atom is -0.298 e. The quantitative estimate of drug-likeness (QED) is 0.776. The Morgan fingerprint density at radius 3 is 2.61 bits per heavy atom. The molecule has 0 N–H and O–H groups in total. The highest BCUT2D eigenvalue weighted by atomic mass is 32.2. The Hall–Kier alpha value is 0.0700. The summed E-state index contributed by atoms with van der Waals surface area (Å²) in [4.78, 5) is 5.31. The molecule has 2 fully saturated rings. The fourth-order valence-electron chi connectivity index (χ4n) is 3.60. The summed E-state index contributed by atoms with van der Waals surface area (Å²) < 4.78 is 11.5. The summed E-state index contributed by atoms with van der Waals surface area (Å²) >= 11 is 0. The van der Waals surface area contributed by atoms with Crippen LogP contribution in [0.15, 0.2) is 0 Å². The van der Waals surface area contributed by atoms with Crippen LogP contribution >= 0.6 is 0 Å². The highest BCUT2D eigenvalue weighted by molar-refractivity contribution is 7.84. The van der Waals surface area contributed by atoms with Gasteiger partial charge in [0.15, 0.2) is 0 Å². The molecular weight excluding hydrogens is 244 g/mol. The van der Waals surface area contributed by atoms with E-state index in [0.29, 0.717) is 18.0 Å². The molecule has 2 heterocycles. The second-order valence-corrected chi connectivity index (χ2v) is 7.87. The summed E-state index contributed by atoms with van der Waals surface area (Å²) in [6.45, 7) is 10.6. The molecule has 3 nitrogen and oxygen atoms in total. The van der Waals surface area contributed by atoms with Crippen molar-refractivity contribution in [2.24, 2.45) is 5.92 Å². The standard InChI is InChI=1S/C14H28N2OS/c1-11(2)14-9-15-7-5-6-13(15)8-16(14)12(3)10-18(4)17/h11-14H,5-10H2,1-4H3. The van der Waals surface area contributed by atoms with E-state index in [1.807, 2.05) is 6.26 Å². The van der Waals surface area contributed by atoms with Crippen LogP contribution in [0.25, 0.3) is 0 Å². The number of fused-ring (bicyclic) bond motifs is 1. The fraction of sp³-hybridized carbons (Fsp3) is 1.00. The predicted octanol–water partition coefficient (Wildman–Crippen LogP) is 1.56. The Labute approximate surface area is 114 Å². The lowest BCUT2D eigenvalue weighted by molar-refractivity contribution is 0.0104. The number of piperazine rings is 1. The van der Waals surface area contributed by atoms with Crippen LogP contribution in [0.2, 0.25) is 0 Å². The van der Waals surface area contributed by atoms with Crippen molar-refractivity contribution in [1.29, 1.82) is 0 Å². The van der Waals surface area contributed by atoms with Crippen molar-refractivity contribution >= 4 is 10.8 Å². The van der Waals surface area contributed by atoms with Crippen molar-refractivity contribution in [2.45, 2.75) is 51.7 Å². The second-order valence-electron chi connectivity index (χ2n) is 6.39. The zero-order chi connectivity index (χ0) is 13.3. The molecule has 0 saturated carbocycles. The van der Waals surface area contributed by atoms with Gasteiger partial charge in [0, 0.05) is 54.0 Å². The first-order chi connectivity index (χ1) is 8.49. The third-order valence-corrected chi connectivity index (χ3v) is 5.53. The smallest absolute Gasteiger partial charge is 0.0385 e. The molecule has 18 heavy (non-hydrogen) atoms. The second kappa shape index (κ2) is 6.02. The van der Waals surface area contributed by atoms with E-state index in [1.54, 1.807) is 0 Å². The van der Waals surface area contributed by atoms with Gasteiger partial charge in [-0.2, -0.15) is 0 Å². The molecular formula is C14H28N2OS. The zero-order valence-corrected chi connectivity index (χ0v) is 13.1. The number of nitrogens with zero attached hydrogens (tertiary/aromatic N) is 2. The minimum absolute atomic E-state index is 0.450. The van der Waals surface area contributed by atoms with Crippen LogP contribution in [0.5, 0.6) is 0 Å². The summed E-state index contributed by atoms with van der Waals surface area (Å²) in [5.41, 5.74) is 0. The van der Waals surface area contributed by atoms with Gasteiger partial charge in [-0.1, -0.05) is 13.8 Å². The average Bonchev–Trinajstić information content (AvgIpc) is 2.72. The molecule has 0 amide bonds. The van der Waals surface area contributed by atoms with Crippen LogP contribution in [0.1, 0.15) is 33.6 Å². The van der Waals surface area contributed by atoms with E-state index < -0.39 is 10.8 Å². The normalized spacial score (nSPS) is 33.6. The topological polar surface area (TPSA) is 23.6 Å². The van der Waals surface area contributed by atoms with Crippen molar-refractivity contribution in [1.82, 2.24) is 9.80 Å². The highest BCUT2D eigenvalue weighted by Gasteiger charge is 2.39. The molecule has 0 aliphatic carbocycles. The molecule has 0 aromatic heterocycles. The Bertz CT molecular complexity index is 308. The van der Waals surface area contributed by atoms with Crippen LogP contribution in [-0.4, -0.2) is 63.8 Å². The molecule has 2 aliphatic rings. The molecule has 4 atom stereocenters. The van der Waals surface area contributed by atoms with Gasteiger partial charge >= 0.3 is 0 Å². The molecule has 106 valence electrons. The van der Waals surface area contributed by atoms with Gasteiger partial charge in [0.25, 0.3) is 0 Å². The number of hydrogen-bond donors (Lipinski definition) is 0. The maximum Gasteiger partial charge on any atom is 0.0385 e. The first-order valence-electron chi connectivity index (χ1n) is 7.29. The zero-order valence-electron chi connectivity index (χ0n) is 12.3. The summed E-state index contributed by atoms with van der Waals surface area (Å²) in [5.74, 6) is 1.50. The molecule has 0 radical (unpaired) electrons. The van der Waals surface area contributed by atoms with E-state index >= 15 is 0 Å². The van der Waals surface area contributed by atoms with Gasteiger partial charge in [-0.05, 0) is 32.2 Å². The van der Waals surface area contributed by atoms with Crippen molar-refractivity contribution in [3.63, 3.8) is 0 Å². The summed E-state index contributed by atoms with van der Waals surface area (Å²) in [7, 11) is -0.687. The summed E-state index contributed by atoms with van der Waals surface area (Å²) in [6.07, 6.45) is 4.54. The molecule has 0 aromatic carbocycles. The van der Waals surface area contributed by atoms with Crippen molar-refractivity contribution in [2.75, 3.05) is 31.6 Å². The molecule has 2 aliphatic heterocycles. The summed E-state index contributed by atoms with van der Waals surface area (Å²) in [5, 5.41) is 0. The van der Waals surface area contributed by atoms with Gasteiger partial charge in [0.2, 0.25) is 0 Å². The monoisotopic (exact) mass is 272 g/mol. The Morgan fingerprint density at radius 2 is 2.00 bits per heavy atom. The van der Waals surface area contributed by atoms with Gasteiger partial charge in [0.1, 0.15) is 0 Å². The van der Waals surface area contributed by atoms with Gasteiger partial charge in [0.05, 0.1) is 0 Å². The van der Waals surface area contributed by atoms with Crippen molar-refractivity contribution < 1.29 is 4.21 Å². The maximum absolute atomic E-state index is 11.5. The number of rotatable bonds is 4. The third-order valence-electron chi connectivity index (χ3n) is 4.58. The molecule has 0 bridgehead atoms. The molecule has 4 unspecified atom stereocenters. The SMILES string of the molecule is CC(C)C1CN2CCCC2CN1C(C)CS(C)=O. The Morgan fingerprint density at radius 1 is 1.28 bits per heavy atom. The van der Waals surface area contributed by atoms with Crippen molar-refractivity contribution in [3.05, 3.63) is 0 Å². The lowest BCUT2D eigenvalue weighted by atomic mass is 9.96. The van der Waals surface area contributed by atoms with Gasteiger partial charge in [-0.25, -0.2) is 0 Å². The molecule has 0 aromatic rings. The number of hydrogen-bond acceptors (Lipinski definition) is 3. The molecule has 2 rings (SSSR count). The highest BCUT2D eigenvalue weighted by Crippen LogP contribution is 2.29. The van der Waals surface area contributed by atoms with E-state index in [4.69, 9.17) is 0 Å². The van der Waals surface area contributed by atoms with Crippen LogP contribution in [-0.2, 0) is 10.8 Å². The van der Waals surface area contributed by atoms with Gasteiger partial charge in [-0.3, -0.25) is 14.0 Å². The molecule has 0 spiro atoms. The van der Waals surface area contributed by atoms with Gasteiger partial charge < -0.3 is 0 Å². The Balaban J connectivity index is 2.06. The first-order valence-corrected chi connectivity index (χ1v) is 9.01. The average molecular weight is 272 g/mol. The molecule has 4 heteroatoms. The van der Waals surface area contributed by atoms with Crippen LogP contribution < -0.4 is 0 Å². The van der Waals surface area contributed by atoms with Crippen LogP contribution in [0.4, 0.5) is 0 Å². The minimum atomic E-state index is -0.687. The first kappa shape index (κ1) is 14.5. The summed E-state index contributed by atoms with van der Waals surface area (Å²) in [6, 6.07) is 1.84. The fourth-order valence-corrected chi connectivity index (χ4v) is 4.47. The largest absolute Gasteiger partial charge is 0.298 e. The predicted molar refractivity (Wildman–Crippen MR) is 78.3 cm³/mol. The van der Waals surface area contributed by atoms with Crippen LogP contribution in [0, 0.1) is 5.92 Å². The van der Waals surface area contributed by atoms with E-state index in [1.165, 1.54) is 32.5 Å². The van der Waals surface area contributed by atoms with E-state index in [0.717, 1.165) is 11.8 Å². The van der Waals surface area contributed by atoms with Crippen molar-refractivity contribution in [3.8, 4) is 0 Å². The Kier molecular flexibility index (Phi) is 4.84. The van der Waals surface area contributed by atoms with Gasteiger partial charge in [-0.15, -0.1) is 0 Å². The van der Waals surface area contributed by atoms with E-state index in [9.17, 15) is 4.21 Å². The lowest BCUT2D eigenvalue weighted by Crippen LogP contribution is -2.60.